The SMILES string of the molecule is COc1ccc(CCN2CCN(c3nc(-c4ccc(F)cc4OC)ns3)CC2)cc1.COc1cccc(CCN2CCN(c3nc(-c4ccc(F)cc4OC)ns3)CC2)c1. The molecule has 316 valence electrons. The number of nitrogens with zero attached hydrogens (tertiary/aromatic N) is 8. The first-order valence-corrected chi connectivity index (χ1v) is 21.4. The van der Waals surface area contributed by atoms with Gasteiger partial charge in [0.15, 0.2) is 11.6 Å². The average molecular weight is 857 g/mol. The summed E-state index contributed by atoms with van der Waals surface area (Å²) in [6, 6.07) is 25.4. The van der Waals surface area contributed by atoms with Gasteiger partial charge in [-0.15, -0.1) is 0 Å². The maximum Gasteiger partial charge on any atom is 0.205 e. The van der Waals surface area contributed by atoms with Gasteiger partial charge in [-0.3, -0.25) is 9.80 Å². The van der Waals surface area contributed by atoms with Crippen molar-refractivity contribution in [2.24, 2.45) is 0 Å². The molecular formula is C44H50F2N8O4S2. The van der Waals surface area contributed by atoms with E-state index < -0.39 is 0 Å². The Morgan fingerprint density at radius 2 is 1.00 bits per heavy atom. The second-order valence-electron chi connectivity index (χ2n) is 14.3. The van der Waals surface area contributed by atoms with E-state index in [2.05, 4.69) is 62.6 Å². The van der Waals surface area contributed by atoms with Crippen LogP contribution in [0, 0.1) is 11.6 Å². The minimum atomic E-state index is -0.337. The molecule has 2 saturated heterocycles. The molecule has 4 aromatic carbocycles. The van der Waals surface area contributed by atoms with Crippen LogP contribution in [0.25, 0.3) is 22.8 Å². The van der Waals surface area contributed by atoms with E-state index in [1.54, 1.807) is 26.4 Å². The molecule has 2 aliphatic heterocycles. The van der Waals surface area contributed by atoms with Gasteiger partial charge in [0, 0.05) is 101 Å². The number of anilines is 2. The first kappa shape index (κ1) is 42.7. The first-order valence-electron chi connectivity index (χ1n) is 19.9. The van der Waals surface area contributed by atoms with Gasteiger partial charge in [-0.25, -0.2) is 8.78 Å². The Hall–Kier alpha value is -5.42. The summed E-state index contributed by atoms with van der Waals surface area (Å²) < 4.78 is 56.9. The molecule has 0 atom stereocenters. The highest BCUT2D eigenvalue weighted by molar-refractivity contribution is 7.10. The molecule has 2 aliphatic rings. The Morgan fingerprint density at radius 3 is 1.47 bits per heavy atom. The number of benzene rings is 4. The third kappa shape index (κ3) is 11.0. The van der Waals surface area contributed by atoms with E-state index in [0.29, 0.717) is 34.3 Å². The van der Waals surface area contributed by atoms with Gasteiger partial charge in [0.05, 0.1) is 39.6 Å². The summed E-state index contributed by atoms with van der Waals surface area (Å²) in [5.74, 6) is 3.17. The molecule has 4 heterocycles. The monoisotopic (exact) mass is 856 g/mol. The van der Waals surface area contributed by atoms with Crippen LogP contribution in [0.5, 0.6) is 23.0 Å². The first-order chi connectivity index (χ1) is 29.3. The third-order valence-corrected chi connectivity index (χ3v) is 12.2. The average Bonchev–Trinajstić information content (AvgIpc) is 4.00. The molecule has 2 fully saturated rings. The smallest absolute Gasteiger partial charge is 0.205 e. The zero-order valence-corrected chi connectivity index (χ0v) is 36.0. The maximum absolute atomic E-state index is 13.5. The van der Waals surface area contributed by atoms with Crippen molar-refractivity contribution < 1.29 is 27.7 Å². The van der Waals surface area contributed by atoms with E-state index >= 15 is 0 Å². The second-order valence-corrected chi connectivity index (χ2v) is 15.8. The van der Waals surface area contributed by atoms with Crippen LogP contribution in [0.3, 0.4) is 0 Å². The molecule has 12 nitrogen and oxygen atoms in total. The lowest BCUT2D eigenvalue weighted by atomic mass is 10.1. The van der Waals surface area contributed by atoms with Crippen molar-refractivity contribution in [1.29, 1.82) is 0 Å². The summed E-state index contributed by atoms with van der Waals surface area (Å²) in [6.07, 6.45) is 2.03. The Kier molecular flexibility index (Phi) is 14.7. The molecule has 6 aromatic rings. The fourth-order valence-corrected chi connectivity index (χ4v) is 8.59. The second kappa shape index (κ2) is 20.7. The van der Waals surface area contributed by atoms with Crippen molar-refractivity contribution >= 4 is 33.3 Å². The minimum Gasteiger partial charge on any atom is -0.497 e. The summed E-state index contributed by atoms with van der Waals surface area (Å²) in [4.78, 5) is 18.8. The molecule has 8 rings (SSSR count). The number of methoxy groups -OCH3 is 4. The largest absolute Gasteiger partial charge is 0.497 e. The van der Waals surface area contributed by atoms with E-state index in [0.717, 1.165) is 100 Å². The van der Waals surface area contributed by atoms with Gasteiger partial charge in [-0.05, 0) is 72.5 Å². The van der Waals surface area contributed by atoms with Gasteiger partial charge in [0.25, 0.3) is 0 Å². The lowest BCUT2D eigenvalue weighted by Crippen LogP contribution is -2.47. The summed E-state index contributed by atoms with van der Waals surface area (Å²) in [7, 11) is 6.43. The van der Waals surface area contributed by atoms with Crippen LogP contribution in [-0.2, 0) is 12.8 Å². The molecule has 0 unspecified atom stereocenters. The highest BCUT2D eigenvalue weighted by Crippen LogP contribution is 2.33. The molecular weight excluding hydrogens is 807 g/mol. The Morgan fingerprint density at radius 1 is 0.517 bits per heavy atom. The van der Waals surface area contributed by atoms with Crippen molar-refractivity contribution in [3.05, 3.63) is 108 Å². The molecule has 0 radical (unpaired) electrons. The van der Waals surface area contributed by atoms with Crippen LogP contribution in [0.2, 0.25) is 0 Å². The standard InChI is InChI=1S/2C22H25FN4O2S/c1-28-18-6-3-16(4-7-18)9-10-26-11-13-27(14-12-26)22-24-21(25-30-22)19-8-5-17(23)15-20(19)29-2;1-28-18-5-3-4-16(14-18)8-9-26-10-12-27(13-11-26)22-24-21(25-30-22)19-7-6-17(23)15-20(19)29-2/h3-8,15H,9-14H2,1-2H3;3-7,14-15H,8-13H2,1-2H3. The number of ether oxygens (including phenoxy) is 4. The predicted molar refractivity (Wildman–Crippen MR) is 234 cm³/mol. The fraction of sp³-hybridized carbons (Fsp3) is 0.364. The molecule has 0 N–H and O–H groups in total. The van der Waals surface area contributed by atoms with Crippen molar-refractivity contribution in [1.82, 2.24) is 28.5 Å². The molecule has 0 bridgehead atoms. The van der Waals surface area contributed by atoms with Crippen molar-refractivity contribution in [2.75, 3.05) is 104 Å². The van der Waals surface area contributed by atoms with Crippen LogP contribution in [0.15, 0.2) is 84.9 Å². The van der Waals surface area contributed by atoms with Crippen LogP contribution < -0.4 is 28.7 Å². The normalized spacial score (nSPS) is 14.7. The highest BCUT2D eigenvalue weighted by Gasteiger charge is 2.23. The fourth-order valence-electron chi connectivity index (χ4n) is 7.13. The highest BCUT2D eigenvalue weighted by atomic mass is 32.1. The Balaban J connectivity index is 0.000000181. The molecule has 0 amide bonds. The number of hydrogen-bond acceptors (Lipinski definition) is 14. The number of aromatic nitrogens is 4. The van der Waals surface area contributed by atoms with Gasteiger partial charge < -0.3 is 28.7 Å². The van der Waals surface area contributed by atoms with Crippen LogP contribution in [-0.4, -0.2) is 122 Å². The molecule has 16 heteroatoms. The number of hydrogen-bond donors (Lipinski definition) is 0. The van der Waals surface area contributed by atoms with E-state index in [-0.39, 0.29) is 11.6 Å². The van der Waals surface area contributed by atoms with Crippen molar-refractivity contribution in [2.45, 2.75) is 12.8 Å². The molecule has 2 aromatic heterocycles. The van der Waals surface area contributed by atoms with E-state index in [9.17, 15) is 8.78 Å². The zero-order chi connectivity index (χ0) is 41.8. The number of rotatable bonds is 14. The van der Waals surface area contributed by atoms with Gasteiger partial charge in [0.1, 0.15) is 34.6 Å². The summed E-state index contributed by atoms with van der Waals surface area (Å²) in [5, 5.41) is 1.79. The quantitative estimate of drug-likeness (QED) is 0.109. The van der Waals surface area contributed by atoms with Crippen LogP contribution in [0.1, 0.15) is 11.1 Å². The summed E-state index contributed by atoms with van der Waals surface area (Å²) >= 11 is 2.75. The van der Waals surface area contributed by atoms with Crippen molar-refractivity contribution in [3.8, 4) is 45.8 Å². The van der Waals surface area contributed by atoms with Crippen LogP contribution in [0.4, 0.5) is 19.0 Å². The van der Waals surface area contributed by atoms with Gasteiger partial charge in [0.2, 0.25) is 10.3 Å². The molecule has 0 aliphatic carbocycles. The lowest BCUT2D eigenvalue weighted by Gasteiger charge is -2.34. The van der Waals surface area contributed by atoms with Crippen LogP contribution >= 0.6 is 23.1 Å². The maximum atomic E-state index is 13.5. The van der Waals surface area contributed by atoms with E-state index in [1.807, 2.05) is 24.3 Å². The Bertz CT molecular complexity index is 2280. The zero-order valence-electron chi connectivity index (χ0n) is 34.4. The Labute approximate surface area is 358 Å². The van der Waals surface area contributed by atoms with Gasteiger partial charge in [-0.2, -0.15) is 18.7 Å². The van der Waals surface area contributed by atoms with E-state index in [4.69, 9.17) is 18.9 Å². The minimum absolute atomic E-state index is 0.336. The topological polar surface area (TPSA) is 101 Å². The van der Waals surface area contributed by atoms with Gasteiger partial charge >= 0.3 is 0 Å². The number of halogens is 2. The molecule has 0 saturated carbocycles. The number of piperazine rings is 2. The van der Waals surface area contributed by atoms with E-state index in [1.165, 1.54) is 72.7 Å². The third-order valence-electron chi connectivity index (χ3n) is 10.7. The van der Waals surface area contributed by atoms with Crippen molar-refractivity contribution in [3.63, 3.8) is 0 Å². The summed E-state index contributed by atoms with van der Waals surface area (Å²) in [6.45, 7) is 9.66. The molecule has 0 spiro atoms. The van der Waals surface area contributed by atoms with Gasteiger partial charge in [-0.1, -0.05) is 24.3 Å². The lowest BCUT2D eigenvalue weighted by molar-refractivity contribution is 0.261. The summed E-state index contributed by atoms with van der Waals surface area (Å²) in [5.41, 5.74) is 4.02. The predicted octanol–water partition coefficient (Wildman–Crippen LogP) is 7.45. The molecule has 60 heavy (non-hydrogen) atoms.